The summed E-state index contributed by atoms with van der Waals surface area (Å²) in [6, 6.07) is 7.84. The first kappa shape index (κ1) is 15.3. The van der Waals surface area contributed by atoms with E-state index in [1.54, 1.807) is 11.8 Å². The first-order chi connectivity index (χ1) is 9.60. The Morgan fingerprint density at radius 3 is 2.50 bits per heavy atom. The second-order valence-corrected chi connectivity index (χ2v) is 6.05. The van der Waals surface area contributed by atoms with E-state index in [0.717, 1.165) is 39.4 Å². The lowest BCUT2D eigenvalue weighted by Gasteiger charge is -2.10. The molecule has 0 radical (unpaired) electrons. The SMILES string of the molecule is CNCc1c(C)nc(CSc2cccc(Cl)c2)nc1C. The van der Waals surface area contributed by atoms with E-state index in [4.69, 9.17) is 11.6 Å². The zero-order valence-electron chi connectivity index (χ0n) is 11.9. The third kappa shape index (κ3) is 3.95. The van der Waals surface area contributed by atoms with Gasteiger partial charge in [0.05, 0.1) is 5.75 Å². The molecule has 0 aliphatic heterocycles. The second-order valence-electron chi connectivity index (χ2n) is 4.57. The minimum atomic E-state index is 0.752. The van der Waals surface area contributed by atoms with E-state index in [9.17, 15) is 0 Å². The van der Waals surface area contributed by atoms with Gasteiger partial charge in [0.15, 0.2) is 0 Å². The van der Waals surface area contributed by atoms with Crippen molar-refractivity contribution in [1.29, 1.82) is 0 Å². The van der Waals surface area contributed by atoms with Crippen molar-refractivity contribution in [3.05, 3.63) is 52.1 Å². The number of halogens is 1. The van der Waals surface area contributed by atoms with Crippen LogP contribution in [0.1, 0.15) is 22.8 Å². The number of rotatable bonds is 5. The Labute approximate surface area is 129 Å². The molecule has 0 aliphatic rings. The van der Waals surface area contributed by atoms with Crippen molar-refractivity contribution in [2.75, 3.05) is 7.05 Å². The summed E-state index contributed by atoms with van der Waals surface area (Å²) >= 11 is 7.68. The fourth-order valence-corrected chi connectivity index (χ4v) is 3.08. The third-order valence-corrected chi connectivity index (χ3v) is 4.21. The summed E-state index contributed by atoms with van der Waals surface area (Å²) in [5, 5.41) is 3.91. The maximum atomic E-state index is 5.98. The summed E-state index contributed by atoms with van der Waals surface area (Å²) < 4.78 is 0. The topological polar surface area (TPSA) is 37.8 Å². The van der Waals surface area contributed by atoms with Gasteiger partial charge in [0.2, 0.25) is 0 Å². The van der Waals surface area contributed by atoms with E-state index in [1.165, 1.54) is 5.56 Å². The van der Waals surface area contributed by atoms with Gasteiger partial charge >= 0.3 is 0 Å². The normalized spacial score (nSPS) is 10.8. The summed E-state index contributed by atoms with van der Waals surface area (Å²) in [6.07, 6.45) is 0. The largest absolute Gasteiger partial charge is 0.316 e. The van der Waals surface area contributed by atoms with Crippen molar-refractivity contribution >= 4 is 23.4 Å². The van der Waals surface area contributed by atoms with E-state index in [-0.39, 0.29) is 0 Å². The van der Waals surface area contributed by atoms with E-state index < -0.39 is 0 Å². The van der Waals surface area contributed by atoms with Gasteiger partial charge in [0.25, 0.3) is 0 Å². The first-order valence-electron chi connectivity index (χ1n) is 6.46. The van der Waals surface area contributed by atoms with Crippen molar-refractivity contribution in [3.8, 4) is 0 Å². The zero-order valence-corrected chi connectivity index (χ0v) is 13.5. The Balaban J connectivity index is 2.10. The van der Waals surface area contributed by atoms with Crippen LogP contribution in [0, 0.1) is 13.8 Å². The van der Waals surface area contributed by atoms with Gasteiger partial charge in [-0.15, -0.1) is 11.8 Å². The molecular formula is C15H18ClN3S. The highest BCUT2D eigenvalue weighted by Gasteiger charge is 2.08. The molecule has 106 valence electrons. The number of aryl methyl sites for hydroxylation is 2. The molecule has 0 saturated carbocycles. The lowest BCUT2D eigenvalue weighted by molar-refractivity contribution is 0.778. The highest BCUT2D eigenvalue weighted by Crippen LogP contribution is 2.24. The fourth-order valence-electron chi connectivity index (χ4n) is 2.01. The van der Waals surface area contributed by atoms with Crippen molar-refractivity contribution < 1.29 is 0 Å². The Bertz CT molecular complexity index is 578. The Morgan fingerprint density at radius 2 is 1.90 bits per heavy atom. The molecule has 0 bridgehead atoms. The molecule has 0 fully saturated rings. The van der Waals surface area contributed by atoms with Gasteiger partial charge < -0.3 is 5.32 Å². The quantitative estimate of drug-likeness (QED) is 0.854. The van der Waals surface area contributed by atoms with Crippen LogP contribution in [0.2, 0.25) is 5.02 Å². The molecule has 0 spiro atoms. The third-order valence-electron chi connectivity index (χ3n) is 2.98. The molecular weight excluding hydrogens is 290 g/mol. The monoisotopic (exact) mass is 307 g/mol. The van der Waals surface area contributed by atoms with Crippen molar-refractivity contribution in [1.82, 2.24) is 15.3 Å². The molecule has 0 saturated heterocycles. The molecule has 1 N–H and O–H groups in total. The van der Waals surface area contributed by atoms with Gasteiger partial charge in [0.1, 0.15) is 5.82 Å². The van der Waals surface area contributed by atoms with Gasteiger partial charge in [-0.2, -0.15) is 0 Å². The maximum Gasteiger partial charge on any atom is 0.139 e. The van der Waals surface area contributed by atoms with Gasteiger partial charge in [-0.1, -0.05) is 17.7 Å². The highest BCUT2D eigenvalue weighted by atomic mass is 35.5. The number of nitrogens with zero attached hydrogens (tertiary/aromatic N) is 2. The highest BCUT2D eigenvalue weighted by molar-refractivity contribution is 7.98. The van der Waals surface area contributed by atoms with Crippen LogP contribution < -0.4 is 5.32 Å². The van der Waals surface area contributed by atoms with Crippen LogP contribution in [0.25, 0.3) is 0 Å². The van der Waals surface area contributed by atoms with E-state index in [1.807, 2.05) is 45.2 Å². The average molecular weight is 308 g/mol. The average Bonchev–Trinajstić information content (AvgIpc) is 2.41. The Morgan fingerprint density at radius 1 is 1.20 bits per heavy atom. The van der Waals surface area contributed by atoms with Crippen LogP contribution in [0.4, 0.5) is 0 Å². The predicted molar refractivity (Wildman–Crippen MR) is 85.3 cm³/mol. The summed E-state index contributed by atoms with van der Waals surface area (Å²) in [7, 11) is 1.93. The van der Waals surface area contributed by atoms with Crippen molar-refractivity contribution in [2.45, 2.75) is 31.0 Å². The summed E-state index contributed by atoms with van der Waals surface area (Å²) in [4.78, 5) is 10.3. The van der Waals surface area contributed by atoms with Crippen LogP contribution in [0.5, 0.6) is 0 Å². The number of hydrogen-bond donors (Lipinski definition) is 1. The second kappa shape index (κ2) is 7.07. The first-order valence-corrected chi connectivity index (χ1v) is 7.82. The molecule has 2 aromatic rings. The molecule has 3 nitrogen and oxygen atoms in total. The predicted octanol–water partition coefficient (Wildman–Crippen LogP) is 3.76. The smallest absolute Gasteiger partial charge is 0.139 e. The molecule has 2 rings (SSSR count). The molecule has 1 aromatic heterocycles. The standard InChI is InChI=1S/C15H18ClN3S/c1-10-14(8-17-3)11(2)19-15(18-10)9-20-13-6-4-5-12(16)7-13/h4-7,17H,8-9H2,1-3H3. The summed E-state index contributed by atoms with van der Waals surface area (Å²) in [5.41, 5.74) is 3.28. The minimum absolute atomic E-state index is 0.752. The molecule has 1 heterocycles. The summed E-state index contributed by atoms with van der Waals surface area (Å²) in [6.45, 7) is 4.88. The van der Waals surface area contributed by atoms with Gasteiger partial charge in [-0.3, -0.25) is 0 Å². The molecule has 5 heteroatoms. The maximum absolute atomic E-state index is 5.98. The molecule has 0 atom stereocenters. The van der Waals surface area contributed by atoms with Crippen LogP contribution in [0.15, 0.2) is 29.2 Å². The summed E-state index contributed by atoms with van der Waals surface area (Å²) in [5.74, 6) is 1.62. The molecule has 0 aliphatic carbocycles. The van der Waals surface area contributed by atoms with Crippen molar-refractivity contribution in [3.63, 3.8) is 0 Å². The van der Waals surface area contributed by atoms with Crippen LogP contribution in [-0.4, -0.2) is 17.0 Å². The molecule has 20 heavy (non-hydrogen) atoms. The number of nitrogens with one attached hydrogen (secondary N) is 1. The number of thioether (sulfide) groups is 1. The lowest BCUT2D eigenvalue weighted by Crippen LogP contribution is -2.12. The molecule has 1 aromatic carbocycles. The molecule has 0 amide bonds. The van der Waals surface area contributed by atoms with E-state index >= 15 is 0 Å². The van der Waals surface area contributed by atoms with E-state index in [0.29, 0.717) is 0 Å². The number of aromatic nitrogens is 2. The lowest BCUT2D eigenvalue weighted by atomic mass is 10.1. The minimum Gasteiger partial charge on any atom is -0.316 e. The van der Waals surface area contributed by atoms with Crippen LogP contribution >= 0.6 is 23.4 Å². The van der Waals surface area contributed by atoms with Gasteiger partial charge in [0, 0.05) is 33.4 Å². The van der Waals surface area contributed by atoms with E-state index in [2.05, 4.69) is 15.3 Å². The fraction of sp³-hybridized carbons (Fsp3) is 0.333. The van der Waals surface area contributed by atoms with Gasteiger partial charge in [-0.25, -0.2) is 9.97 Å². The number of hydrogen-bond acceptors (Lipinski definition) is 4. The Hall–Kier alpha value is -1.10. The Kier molecular flexibility index (Phi) is 5.40. The van der Waals surface area contributed by atoms with Gasteiger partial charge in [-0.05, 0) is 39.1 Å². The zero-order chi connectivity index (χ0) is 14.5. The number of benzene rings is 1. The van der Waals surface area contributed by atoms with Crippen LogP contribution in [0.3, 0.4) is 0 Å². The molecule has 0 unspecified atom stereocenters. The van der Waals surface area contributed by atoms with Crippen molar-refractivity contribution in [2.24, 2.45) is 0 Å². The van der Waals surface area contributed by atoms with Crippen LogP contribution in [-0.2, 0) is 12.3 Å².